The van der Waals surface area contributed by atoms with Crippen molar-refractivity contribution in [3.05, 3.63) is 28.2 Å². The van der Waals surface area contributed by atoms with Crippen LogP contribution in [0.2, 0.25) is 10.0 Å². The van der Waals surface area contributed by atoms with Crippen molar-refractivity contribution >= 4 is 23.2 Å². The lowest BCUT2D eigenvalue weighted by atomic mass is 10.2. The number of hydrogen-bond donors (Lipinski definition) is 1. The van der Waals surface area contributed by atoms with Gasteiger partial charge in [0.2, 0.25) is 0 Å². The molecular weight excluding hydrogens is 271 g/mol. The van der Waals surface area contributed by atoms with E-state index in [0.717, 1.165) is 26.2 Å². The molecule has 1 aliphatic rings. The minimum Gasteiger partial charge on any atom is -0.491 e. The molecular formula is C13H18Cl2N2O. The fourth-order valence-corrected chi connectivity index (χ4v) is 2.41. The van der Waals surface area contributed by atoms with Crippen LogP contribution in [0.25, 0.3) is 0 Å². The Morgan fingerprint density at radius 1 is 1.44 bits per heavy atom. The molecule has 100 valence electrons. The summed E-state index contributed by atoms with van der Waals surface area (Å²) in [7, 11) is 0. The molecule has 1 fully saturated rings. The fourth-order valence-electron chi connectivity index (χ4n) is 2.08. The lowest BCUT2D eigenvalue weighted by Crippen LogP contribution is -2.50. The van der Waals surface area contributed by atoms with Gasteiger partial charge in [-0.2, -0.15) is 0 Å². The molecule has 0 saturated carbocycles. The van der Waals surface area contributed by atoms with Crippen LogP contribution in [0.4, 0.5) is 0 Å². The van der Waals surface area contributed by atoms with Gasteiger partial charge in [-0.3, -0.25) is 4.90 Å². The maximum atomic E-state index is 6.04. The van der Waals surface area contributed by atoms with Gasteiger partial charge in [-0.05, 0) is 19.1 Å². The van der Waals surface area contributed by atoms with E-state index in [1.807, 2.05) is 0 Å². The van der Waals surface area contributed by atoms with E-state index in [2.05, 4.69) is 17.1 Å². The molecule has 1 N–H and O–H groups in total. The van der Waals surface area contributed by atoms with E-state index in [4.69, 9.17) is 27.9 Å². The van der Waals surface area contributed by atoms with Crippen molar-refractivity contribution in [2.75, 3.05) is 32.8 Å². The standard InChI is InChI=1S/C13H18Cl2N2O/c1-10-9-16-4-5-17(10)6-7-18-13-8-11(14)2-3-12(13)15/h2-3,8,10,16H,4-7,9H2,1H3/t10-/m1/s1. The maximum absolute atomic E-state index is 6.04. The van der Waals surface area contributed by atoms with Crippen LogP contribution in [-0.2, 0) is 0 Å². The zero-order chi connectivity index (χ0) is 13.0. The zero-order valence-electron chi connectivity index (χ0n) is 10.5. The van der Waals surface area contributed by atoms with Crippen LogP contribution in [0, 0.1) is 0 Å². The lowest BCUT2D eigenvalue weighted by Gasteiger charge is -2.33. The summed E-state index contributed by atoms with van der Waals surface area (Å²) in [6.45, 7) is 6.91. The third kappa shape index (κ3) is 3.75. The Labute approximate surface area is 118 Å². The number of piperazine rings is 1. The first-order valence-electron chi connectivity index (χ1n) is 6.19. The van der Waals surface area contributed by atoms with Gasteiger partial charge in [0.15, 0.2) is 0 Å². The molecule has 1 aliphatic heterocycles. The first-order valence-corrected chi connectivity index (χ1v) is 6.95. The molecule has 5 heteroatoms. The van der Waals surface area contributed by atoms with Gasteiger partial charge in [-0.1, -0.05) is 23.2 Å². The van der Waals surface area contributed by atoms with Gasteiger partial charge in [-0.15, -0.1) is 0 Å². The molecule has 2 rings (SSSR count). The van der Waals surface area contributed by atoms with Gasteiger partial charge < -0.3 is 10.1 Å². The first-order chi connectivity index (χ1) is 8.66. The number of hydrogen-bond acceptors (Lipinski definition) is 3. The van der Waals surface area contributed by atoms with Crippen molar-refractivity contribution in [3.8, 4) is 5.75 Å². The van der Waals surface area contributed by atoms with E-state index in [-0.39, 0.29) is 0 Å². The van der Waals surface area contributed by atoms with Crippen LogP contribution in [0.15, 0.2) is 18.2 Å². The Morgan fingerprint density at radius 3 is 3.06 bits per heavy atom. The number of nitrogens with one attached hydrogen (secondary N) is 1. The SMILES string of the molecule is C[C@@H]1CNCCN1CCOc1cc(Cl)ccc1Cl. The van der Waals surface area contributed by atoms with E-state index in [9.17, 15) is 0 Å². The normalized spacial score (nSPS) is 20.9. The highest BCUT2D eigenvalue weighted by atomic mass is 35.5. The van der Waals surface area contributed by atoms with E-state index in [1.165, 1.54) is 0 Å². The van der Waals surface area contributed by atoms with Crippen LogP contribution in [0.1, 0.15) is 6.92 Å². The number of halogens is 2. The van der Waals surface area contributed by atoms with E-state index < -0.39 is 0 Å². The average molecular weight is 289 g/mol. The number of nitrogens with zero attached hydrogens (tertiary/aromatic N) is 1. The van der Waals surface area contributed by atoms with Crippen molar-refractivity contribution < 1.29 is 4.74 Å². The molecule has 18 heavy (non-hydrogen) atoms. The van der Waals surface area contributed by atoms with Crippen molar-refractivity contribution in [2.24, 2.45) is 0 Å². The molecule has 1 saturated heterocycles. The second-order valence-electron chi connectivity index (χ2n) is 4.51. The smallest absolute Gasteiger partial charge is 0.139 e. The second kappa shape index (κ2) is 6.62. The molecule has 0 unspecified atom stereocenters. The molecule has 3 nitrogen and oxygen atoms in total. The molecule has 0 radical (unpaired) electrons. The number of benzene rings is 1. The van der Waals surface area contributed by atoms with Gasteiger partial charge >= 0.3 is 0 Å². The third-order valence-electron chi connectivity index (χ3n) is 3.17. The largest absolute Gasteiger partial charge is 0.491 e. The highest BCUT2D eigenvalue weighted by molar-refractivity contribution is 6.34. The van der Waals surface area contributed by atoms with E-state index >= 15 is 0 Å². The molecule has 1 heterocycles. The molecule has 0 spiro atoms. The molecule has 0 aromatic heterocycles. The summed E-state index contributed by atoms with van der Waals surface area (Å²) in [5, 5.41) is 4.62. The minimum atomic E-state index is 0.553. The van der Waals surface area contributed by atoms with E-state index in [0.29, 0.717) is 28.4 Å². The summed E-state index contributed by atoms with van der Waals surface area (Å²) in [5.74, 6) is 0.659. The molecule has 1 aromatic rings. The van der Waals surface area contributed by atoms with E-state index in [1.54, 1.807) is 18.2 Å². The average Bonchev–Trinajstić information content (AvgIpc) is 2.36. The second-order valence-corrected chi connectivity index (χ2v) is 5.36. The molecule has 0 bridgehead atoms. The van der Waals surface area contributed by atoms with Gasteiger partial charge in [0.05, 0.1) is 5.02 Å². The summed E-state index contributed by atoms with van der Waals surface area (Å²) >= 11 is 11.9. The lowest BCUT2D eigenvalue weighted by molar-refractivity contribution is 0.143. The topological polar surface area (TPSA) is 24.5 Å². The fraction of sp³-hybridized carbons (Fsp3) is 0.538. The molecule has 0 amide bonds. The Bertz CT molecular complexity index is 401. The van der Waals surface area contributed by atoms with Gasteiger partial charge in [0.25, 0.3) is 0 Å². The van der Waals surface area contributed by atoms with Crippen molar-refractivity contribution in [3.63, 3.8) is 0 Å². The first kappa shape index (κ1) is 13.9. The summed E-state index contributed by atoms with van der Waals surface area (Å²) in [5.41, 5.74) is 0. The van der Waals surface area contributed by atoms with Crippen LogP contribution >= 0.6 is 23.2 Å². The van der Waals surface area contributed by atoms with Gasteiger partial charge in [-0.25, -0.2) is 0 Å². The molecule has 0 aliphatic carbocycles. The highest BCUT2D eigenvalue weighted by Crippen LogP contribution is 2.27. The van der Waals surface area contributed by atoms with Gasteiger partial charge in [0, 0.05) is 43.3 Å². The van der Waals surface area contributed by atoms with Crippen LogP contribution < -0.4 is 10.1 Å². The maximum Gasteiger partial charge on any atom is 0.139 e. The Hall–Kier alpha value is -0.480. The van der Waals surface area contributed by atoms with Crippen molar-refractivity contribution in [1.29, 1.82) is 0 Å². The quantitative estimate of drug-likeness (QED) is 0.922. The van der Waals surface area contributed by atoms with Crippen molar-refractivity contribution in [1.82, 2.24) is 10.2 Å². The number of rotatable bonds is 4. The van der Waals surface area contributed by atoms with Gasteiger partial charge in [0.1, 0.15) is 12.4 Å². The summed E-state index contributed by atoms with van der Waals surface area (Å²) in [6.07, 6.45) is 0. The Kier molecular flexibility index (Phi) is 5.13. The van der Waals surface area contributed by atoms with Crippen LogP contribution in [0.3, 0.4) is 0 Å². The zero-order valence-corrected chi connectivity index (χ0v) is 12.0. The Morgan fingerprint density at radius 2 is 2.28 bits per heavy atom. The molecule has 1 aromatic carbocycles. The highest BCUT2D eigenvalue weighted by Gasteiger charge is 2.17. The summed E-state index contributed by atoms with van der Waals surface area (Å²) in [4.78, 5) is 2.41. The van der Waals surface area contributed by atoms with Crippen molar-refractivity contribution in [2.45, 2.75) is 13.0 Å². The monoisotopic (exact) mass is 288 g/mol. The molecule has 1 atom stereocenters. The summed E-state index contributed by atoms with van der Waals surface area (Å²) < 4.78 is 5.69. The van der Waals surface area contributed by atoms with Crippen LogP contribution in [-0.4, -0.2) is 43.7 Å². The third-order valence-corrected chi connectivity index (χ3v) is 3.72. The Balaban J connectivity index is 1.82. The predicted octanol–water partition coefficient (Wildman–Crippen LogP) is 2.67. The van der Waals surface area contributed by atoms with Crippen LogP contribution in [0.5, 0.6) is 5.75 Å². The minimum absolute atomic E-state index is 0.553. The predicted molar refractivity (Wildman–Crippen MR) is 75.9 cm³/mol. The number of ether oxygens (including phenoxy) is 1. The summed E-state index contributed by atoms with van der Waals surface area (Å²) in [6, 6.07) is 5.82.